The van der Waals surface area contributed by atoms with Crippen LogP contribution in [0.25, 0.3) is 0 Å². The van der Waals surface area contributed by atoms with Gasteiger partial charge in [-0.25, -0.2) is 4.98 Å². The van der Waals surface area contributed by atoms with E-state index in [2.05, 4.69) is 20.5 Å². The number of aromatic amines is 1. The highest BCUT2D eigenvalue weighted by atomic mass is 32.2. The highest BCUT2D eigenvalue weighted by molar-refractivity contribution is 8.00. The van der Waals surface area contributed by atoms with Gasteiger partial charge in [-0.2, -0.15) is 5.26 Å². The zero-order valence-corrected chi connectivity index (χ0v) is 12.6. The lowest BCUT2D eigenvalue weighted by molar-refractivity contribution is -0.115. The second kappa shape index (κ2) is 6.90. The van der Waals surface area contributed by atoms with Gasteiger partial charge in [0.1, 0.15) is 11.9 Å². The van der Waals surface area contributed by atoms with E-state index in [1.165, 1.54) is 11.8 Å². The van der Waals surface area contributed by atoms with Crippen LogP contribution in [0.2, 0.25) is 0 Å². The van der Waals surface area contributed by atoms with Crippen molar-refractivity contribution in [1.82, 2.24) is 15.2 Å². The lowest BCUT2D eigenvalue weighted by Gasteiger charge is -2.11. The normalized spacial score (nSPS) is 11.7. The van der Waals surface area contributed by atoms with Crippen LogP contribution in [0.1, 0.15) is 25.2 Å². The summed E-state index contributed by atoms with van der Waals surface area (Å²) in [5.41, 5.74) is 0.955. The first-order valence-corrected chi connectivity index (χ1v) is 7.40. The summed E-state index contributed by atoms with van der Waals surface area (Å²) in [7, 11) is 0. The third kappa shape index (κ3) is 3.83. The molecule has 1 amide bonds. The molecule has 2 rings (SSSR count). The Balaban J connectivity index is 2.01. The molecule has 1 atom stereocenters. The van der Waals surface area contributed by atoms with Gasteiger partial charge in [-0.1, -0.05) is 30.8 Å². The molecule has 1 aromatic heterocycles. The van der Waals surface area contributed by atoms with Gasteiger partial charge in [-0.15, -0.1) is 5.10 Å². The molecule has 0 bridgehead atoms. The molecular weight excluding hydrogens is 286 g/mol. The van der Waals surface area contributed by atoms with E-state index in [4.69, 9.17) is 5.26 Å². The molecule has 108 valence electrons. The van der Waals surface area contributed by atoms with Gasteiger partial charge in [0.05, 0.1) is 16.5 Å². The van der Waals surface area contributed by atoms with Crippen molar-refractivity contribution >= 4 is 23.4 Å². The van der Waals surface area contributed by atoms with E-state index in [0.717, 1.165) is 12.2 Å². The number of amides is 1. The third-order valence-electron chi connectivity index (χ3n) is 2.80. The number of nitrogens with zero attached hydrogens (tertiary/aromatic N) is 3. The first-order chi connectivity index (χ1) is 10.1. The van der Waals surface area contributed by atoms with E-state index < -0.39 is 0 Å². The fourth-order valence-electron chi connectivity index (χ4n) is 1.62. The van der Waals surface area contributed by atoms with Gasteiger partial charge >= 0.3 is 0 Å². The van der Waals surface area contributed by atoms with Gasteiger partial charge in [-0.05, 0) is 19.1 Å². The van der Waals surface area contributed by atoms with Crippen molar-refractivity contribution in [3.63, 3.8) is 0 Å². The summed E-state index contributed by atoms with van der Waals surface area (Å²) in [5, 5.41) is 18.8. The molecule has 2 N–H and O–H groups in total. The van der Waals surface area contributed by atoms with Crippen LogP contribution in [0.4, 0.5) is 5.69 Å². The van der Waals surface area contributed by atoms with Crippen LogP contribution in [-0.2, 0) is 11.2 Å². The van der Waals surface area contributed by atoms with Crippen LogP contribution in [0.5, 0.6) is 0 Å². The number of hydrogen-bond donors (Lipinski definition) is 2. The zero-order valence-electron chi connectivity index (χ0n) is 11.8. The Labute approximate surface area is 127 Å². The molecule has 0 unspecified atom stereocenters. The van der Waals surface area contributed by atoms with Crippen LogP contribution in [0, 0.1) is 11.3 Å². The minimum absolute atomic E-state index is 0.189. The van der Waals surface area contributed by atoms with Crippen molar-refractivity contribution < 1.29 is 4.79 Å². The molecule has 0 saturated heterocycles. The summed E-state index contributed by atoms with van der Waals surface area (Å²) in [6.07, 6.45) is 0.768. The second-order valence-electron chi connectivity index (χ2n) is 4.32. The molecule has 21 heavy (non-hydrogen) atoms. The Kier molecular flexibility index (Phi) is 4.95. The quantitative estimate of drug-likeness (QED) is 0.827. The van der Waals surface area contributed by atoms with Crippen molar-refractivity contribution in [3.05, 3.63) is 35.7 Å². The Morgan fingerprint density at radius 3 is 2.95 bits per heavy atom. The fraction of sp³-hybridized carbons (Fsp3) is 0.286. The lowest BCUT2D eigenvalue weighted by atomic mass is 10.2. The number of nitrogens with one attached hydrogen (secondary N) is 2. The third-order valence-corrected chi connectivity index (χ3v) is 3.76. The van der Waals surface area contributed by atoms with E-state index in [-0.39, 0.29) is 11.2 Å². The second-order valence-corrected chi connectivity index (χ2v) is 5.63. The predicted molar refractivity (Wildman–Crippen MR) is 80.9 cm³/mol. The molecular formula is C14H15N5OS. The van der Waals surface area contributed by atoms with Crippen LogP contribution < -0.4 is 5.32 Å². The summed E-state index contributed by atoms with van der Waals surface area (Å²) in [6.45, 7) is 3.75. The van der Waals surface area contributed by atoms with E-state index in [1.807, 2.05) is 13.0 Å². The summed E-state index contributed by atoms with van der Waals surface area (Å²) >= 11 is 1.27. The number of para-hydroxylation sites is 1. The number of carbonyl (C=O) groups excluding carboxylic acids is 1. The average molecular weight is 301 g/mol. The summed E-state index contributed by atoms with van der Waals surface area (Å²) in [5.74, 6) is 0.602. The molecule has 6 nitrogen and oxygen atoms in total. The zero-order chi connectivity index (χ0) is 15.2. The monoisotopic (exact) mass is 301 g/mol. The Hall–Kier alpha value is -2.33. The van der Waals surface area contributed by atoms with Crippen molar-refractivity contribution in [2.45, 2.75) is 30.7 Å². The number of aryl methyl sites for hydroxylation is 1. The number of aromatic nitrogens is 3. The Morgan fingerprint density at radius 2 is 2.29 bits per heavy atom. The number of carbonyl (C=O) groups is 1. The number of H-pyrrole nitrogens is 1. The maximum atomic E-state index is 12.2. The number of anilines is 1. The molecule has 0 saturated carbocycles. The van der Waals surface area contributed by atoms with Gasteiger partial charge in [0, 0.05) is 6.42 Å². The topological polar surface area (TPSA) is 94.5 Å². The van der Waals surface area contributed by atoms with Crippen molar-refractivity contribution in [3.8, 4) is 6.07 Å². The van der Waals surface area contributed by atoms with Crippen molar-refractivity contribution in [2.24, 2.45) is 0 Å². The lowest BCUT2D eigenvalue weighted by Crippen LogP contribution is -2.23. The van der Waals surface area contributed by atoms with Gasteiger partial charge in [0.25, 0.3) is 0 Å². The van der Waals surface area contributed by atoms with E-state index >= 15 is 0 Å². The molecule has 0 spiro atoms. The molecule has 0 aliphatic rings. The minimum Gasteiger partial charge on any atom is -0.324 e. The average Bonchev–Trinajstić information content (AvgIpc) is 2.95. The first-order valence-electron chi connectivity index (χ1n) is 6.52. The Morgan fingerprint density at radius 1 is 1.52 bits per heavy atom. The molecule has 0 fully saturated rings. The number of rotatable bonds is 5. The minimum atomic E-state index is -0.364. The molecule has 7 heteroatoms. The SMILES string of the molecule is CCc1nc(S[C@@H](C)C(=O)Nc2ccccc2C#N)n[nH]1. The molecule has 2 aromatic rings. The maximum Gasteiger partial charge on any atom is 0.237 e. The Bertz CT molecular complexity index is 676. The highest BCUT2D eigenvalue weighted by Crippen LogP contribution is 2.21. The number of nitriles is 1. The van der Waals surface area contributed by atoms with E-state index in [9.17, 15) is 4.79 Å². The summed E-state index contributed by atoms with van der Waals surface area (Å²) in [6, 6.07) is 8.95. The van der Waals surface area contributed by atoms with Gasteiger partial charge in [0.15, 0.2) is 0 Å². The molecule has 1 heterocycles. The van der Waals surface area contributed by atoms with Crippen LogP contribution in [-0.4, -0.2) is 26.3 Å². The number of hydrogen-bond acceptors (Lipinski definition) is 5. The largest absolute Gasteiger partial charge is 0.324 e. The molecule has 0 radical (unpaired) electrons. The van der Waals surface area contributed by atoms with Gasteiger partial charge in [-0.3, -0.25) is 9.89 Å². The van der Waals surface area contributed by atoms with E-state index in [0.29, 0.717) is 16.4 Å². The van der Waals surface area contributed by atoms with Gasteiger partial charge < -0.3 is 5.32 Å². The summed E-state index contributed by atoms with van der Waals surface area (Å²) < 4.78 is 0. The van der Waals surface area contributed by atoms with Crippen molar-refractivity contribution in [1.29, 1.82) is 5.26 Å². The first kappa shape index (κ1) is 15.1. The predicted octanol–water partition coefficient (Wildman–Crippen LogP) is 2.36. The van der Waals surface area contributed by atoms with Crippen LogP contribution in [0.3, 0.4) is 0 Å². The highest BCUT2D eigenvalue weighted by Gasteiger charge is 2.18. The van der Waals surface area contributed by atoms with Crippen LogP contribution in [0.15, 0.2) is 29.4 Å². The van der Waals surface area contributed by atoms with Gasteiger partial charge in [0.2, 0.25) is 11.1 Å². The fourth-order valence-corrected chi connectivity index (χ4v) is 2.37. The number of benzene rings is 1. The van der Waals surface area contributed by atoms with Crippen LogP contribution >= 0.6 is 11.8 Å². The summed E-state index contributed by atoms with van der Waals surface area (Å²) in [4.78, 5) is 16.4. The number of thioether (sulfide) groups is 1. The van der Waals surface area contributed by atoms with Crippen molar-refractivity contribution in [2.75, 3.05) is 5.32 Å². The molecule has 0 aliphatic heterocycles. The molecule has 0 aliphatic carbocycles. The standard InChI is InChI=1S/C14H15N5OS/c1-3-12-17-14(19-18-12)21-9(2)13(20)16-11-7-5-4-6-10(11)8-15/h4-7,9H,3H2,1-2H3,(H,16,20)(H,17,18,19)/t9-/m0/s1. The maximum absolute atomic E-state index is 12.2. The van der Waals surface area contributed by atoms with E-state index in [1.54, 1.807) is 31.2 Å². The molecule has 1 aromatic carbocycles. The smallest absolute Gasteiger partial charge is 0.237 e.